The number of hydrogen-bond acceptors (Lipinski definition) is 2. The quantitative estimate of drug-likeness (QED) is 0.402. The van der Waals surface area contributed by atoms with Crippen LogP contribution in [0.5, 0.6) is 0 Å². The van der Waals surface area contributed by atoms with Crippen molar-refractivity contribution in [2.24, 2.45) is 0 Å². The molecule has 1 aromatic rings. The van der Waals surface area contributed by atoms with E-state index in [0.29, 0.717) is 13.0 Å². The van der Waals surface area contributed by atoms with Crippen LogP contribution in [0.2, 0.25) is 0 Å². The summed E-state index contributed by atoms with van der Waals surface area (Å²) in [7, 11) is 0. The Labute approximate surface area is 118 Å². The van der Waals surface area contributed by atoms with Gasteiger partial charge in [-0.25, -0.2) is 0 Å². The van der Waals surface area contributed by atoms with Gasteiger partial charge in [-0.15, -0.1) is 0 Å². The van der Waals surface area contributed by atoms with Crippen LogP contribution in [0, 0.1) is 0 Å². The Hall–Kier alpha value is -0.830. The summed E-state index contributed by atoms with van der Waals surface area (Å²) in [5.41, 5.74) is 1.03. The summed E-state index contributed by atoms with van der Waals surface area (Å²) in [5, 5.41) is 0. The van der Waals surface area contributed by atoms with Crippen LogP contribution in [0.15, 0.2) is 30.3 Å². The third-order valence-corrected chi connectivity index (χ3v) is 3.53. The molecule has 0 amide bonds. The van der Waals surface area contributed by atoms with E-state index in [1.54, 1.807) is 0 Å². The number of benzene rings is 1. The molecular weight excluding hydrogens is 292 g/mol. The minimum Gasteiger partial charge on any atom is -0.461 e. The van der Waals surface area contributed by atoms with Crippen LogP contribution < -0.4 is 0 Å². The van der Waals surface area contributed by atoms with E-state index in [0.717, 1.165) is 12.0 Å². The van der Waals surface area contributed by atoms with E-state index in [9.17, 15) is 4.79 Å². The van der Waals surface area contributed by atoms with Crippen molar-refractivity contribution in [3.05, 3.63) is 35.9 Å². The van der Waals surface area contributed by atoms with E-state index in [1.165, 1.54) is 19.3 Å². The molecule has 0 heterocycles. The number of alkyl halides is 1. The molecule has 0 N–H and O–H groups in total. The highest BCUT2D eigenvalue weighted by Gasteiger charge is 2.11. The number of halogens is 1. The molecule has 0 aliphatic heterocycles. The highest BCUT2D eigenvalue weighted by Crippen LogP contribution is 2.15. The maximum absolute atomic E-state index is 11.6. The molecule has 0 bridgehead atoms. The minimum absolute atomic E-state index is 0.128. The van der Waals surface area contributed by atoms with Gasteiger partial charge in [0.25, 0.3) is 0 Å². The third-order valence-electron chi connectivity index (χ3n) is 2.75. The van der Waals surface area contributed by atoms with E-state index in [1.807, 2.05) is 30.3 Å². The van der Waals surface area contributed by atoms with Gasteiger partial charge in [-0.2, -0.15) is 0 Å². The third kappa shape index (κ3) is 6.80. The van der Waals surface area contributed by atoms with Crippen LogP contribution in [0.1, 0.15) is 44.6 Å². The molecule has 0 aliphatic carbocycles. The van der Waals surface area contributed by atoms with Crippen LogP contribution in [-0.2, 0) is 16.1 Å². The van der Waals surface area contributed by atoms with Gasteiger partial charge < -0.3 is 4.74 Å². The van der Waals surface area contributed by atoms with Gasteiger partial charge in [0.15, 0.2) is 0 Å². The van der Waals surface area contributed by atoms with Gasteiger partial charge in [0.05, 0.1) is 6.42 Å². The molecule has 2 nitrogen and oxygen atoms in total. The zero-order chi connectivity index (χ0) is 13.2. The zero-order valence-corrected chi connectivity index (χ0v) is 12.5. The molecular formula is C15H21BrO2. The second-order valence-electron chi connectivity index (χ2n) is 4.44. The van der Waals surface area contributed by atoms with Gasteiger partial charge >= 0.3 is 5.97 Å². The zero-order valence-electron chi connectivity index (χ0n) is 10.9. The fourth-order valence-corrected chi connectivity index (χ4v) is 2.28. The first-order chi connectivity index (χ1) is 8.72. The summed E-state index contributed by atoms with van der Waals surface area (Å²) < 4.78 is 5.24. The highest BCUT2D eigenvalue weighted by atomic mass is 79.9. The molecule has 1 atom stereocenters. The fraction of sp³-hybridized carbons (Fsp3) is 0.533. The van der Waals surface area contributed by atoms with Crippen molar-refractivity contribution >= 4 is 21.9 Å². The van der Waals surface area contributed by atoms with E-state index in [2.05, 4.69) is 22.9 Å². The van der Waals surface area contributed by atoms with Gasteiger partial charge in [0, 0.05) is 4.83 Å². The second-order valence-corrected chi connectivity index (χ2v) is 5.74. The summed E-state index contributed by atoms with van der Waals surface area (Å²) in [6.07, 6.45) is 5.09. The molecule has 100 valence electrons. The Kier molecular flexibility index (Phi) is 7.74. The molecule has 18 heavy (non-hydrogen) atoms. The van der Waals surface area contributed by atoms with Crippen molar-refractivity contribution in [3.63, 3.8) is 0 Å². The Morgan fingerprint density at radius 1 is 1.28 bits per heavy atom. The topological polar surface area (TPSA) is 26.3 Å². The number of carbonyl (C=O) groups is 1. The molecule has 0 radical (unpaired) electrons. The van der Waals surface area contributed by atoms with Crippen LogP contribution in [0.3, 0.4) is 0 Å². The first kappa shape index (κ1) is 15.2. The van der Waals surface area contributed by atoms with Crippen molar-refractivity contribution in [2.75, 3.05) is 0 Å². The number of carbonyl (C=O) groups excluding carboxylic acids is 1. The summed E-state index contributed by atoms with van der Waals surface area (Å²) in [6, 6.07) is 9.76. The summed E-state index contributed by atoms with van der Waals surface area (Å²) in [4.78, 5) is 11.9. The molecule has 1 aromatic carbocycles. The number of esters is 1. The van der Waals surface area contributed by atoms with Crippen molar-refractivity contribution in [1.29, 1.82) is 0 Å². The molecule has 0 fully saturated rings. The van der Waals surface area contributed by atoms with Crippen molar-refractivity contribution in [3.8, 4) is 0 Å². The second kappa shape index (κ2) is 9.15. The molecule has 0 aromatic heterocycles. The number of ether oxygens (including phenoxy) is 1. The number of unbranched alkanes of at least 4 members (excludes halogenated alkanes) is 2. The van der Waals surface area contributed by atoms with Crippen LogP contribution in [0.4, 0.5) is 0 Å². The normalized spacial score (nSPS) is 12.1. The SMILES string of the molecule is CCCCCC(Br)CC(=O)OCc1ccccc1. The molecule has 0 saturated carbocycles. The van der Waals surface area contributed by atoms with E-state index in [4.69, 9.17) is 4.74 Å². The maximum atomic E-state index is 11.6. The molecule has 0 spiro atoms. The lowest BCUT2D eigenvalue weighted by Gasteiger charge is -2.09. The van der Waals surface area contributed by atoms with Crippen LogP contribution in [-0.4, -0.2) is 10.8 Å². The fourth-order valence-electron chi connectivity index (χ4n) is 1.70. The van der Waals surface area contributed by atoms with Gasteiger partial charge in [0.1, 0.15) is 6.61 Å². The predicted molar refractivity (Wildman–Crippen MR) is 77.7 cm³/mol. The Balaban J connectivity index is 2.17. The Morgan fingerprint density at radius 3 is 2.67 bits per heavy atom. The van der Waals surface area contributed by atoms with Crippen LogP contribution >= 0.6 is 15.9 Å². The molecule has 0 saturated heterocycles. The van der Waals surface area contributed by atoms with Gasteiger partial charge in [-0.3, -0.25) is 4.79 Å². The predicted octanol–water partition coefficient (Wildman–Crippen LogP) is 4.46. The highest BCUT2D eigenvalue weighted by molar-refractivity contribution is 9.09. The van der Waals surface area contributed by atoms with Crippen molar-refractivity contribution < 1.29 is 9.53 Å². The standard InChI is InChI=1S/C15H21BrO2/c1-2-3-5-10-14(16)11-15(17)18-12-13-8-6-4-7-9-13/h4,6-9,14H,2-3,5,10-12H2,1H3. The number of rotatable bonds is 8. The van der Waals surface area contributed by atoms with Gasteiger partial charge in [-0.1, -0.05) is 72.4 Å². The van der Waals surface area contributed by atoms with Gasteiger partial charge in [-0.05, 0) is 12.0 Å². The molecule has 1 unspecified atom stereocenters. The lowest BCUT2D eigenvalue weighted by molar-refractivity contribution is -0.144. The summed E-state index contributed by atoms with van der Waals surface area (Å²) in [6.45, 7) is 2.55. The number of hydrogen-bond donors (Lipinski definition) is 0. The first-order valence-electron chi connectivity index (χ1n) is 6.56. The molecule has 3 heteroatoms. The van der Waals surface area contributed by atoms with Crippen molar-refractivity contribution in [2.45, 2.75) is 50.5 Å². The Morgan fingerprint density at radius 2 is 2.00 bits per heavy atom. The minimum atomic E-state index is -0.128. The lowest BCUT2D eigenvalue weighted by atomic mass is 10.1. The van der Waals surface area contributed by atoms with E-state index < -0.39 is 0 Å². The monoisotopic (exact) mass is 312 g/mol. The average molecular weight is 313 g/mol. The summed E-state index contributed by atoms with van der Waals surface area (Å²) >= 11 is 3.53. The van der Waals surface area contributed by atoms with Gasteiger partial charge in [0.2, 0.25) is 0 Å². The smallest absolute Gasteiger partial charge is 0.307 e. The lowest BCUT2D eigenvalue weighted by Crippen LogP contribution is -2.11. The average Bonchev–Trinajstić information content (AvgIpc) is 2.38. The Bertz CT molecular complexity index is 338. The molecule has 1 rings (SSSR count). The first-order valence-corrected chi connectivity index (χ1v) is 7.47. The maximum Gasteiger partial charge on any atom is 0.307 e. The summed E-state index contributed by atoms with van der Waals surface area (Å²) in [5.74, 6) is -0.128. The van der Waals surface area contributed by atoms with E-state index in [-0.39, 0.29) is 10.8 Å². The largest absolute Gasteiger partial charge is 0.461 e. The van der Waals surface area contributed by atoms with Crippen molar-refractivity contribution in [1.82, 2.24) is 0 Å². The molecule has 0 aliphatic rings. The van der Waals surface area contributed by atoms with E-state index >= 15 is 0 Å². The van der Waals surface area contributed by atoms with Crippen LogP contribution in [0.25, 0.3) is 0 Å².